The second-order valence-corrected chi connectivity index (χ2v) is 5.02. The van der Waals surface area contributed by atoms with Crippen molar-refractivity contribution in [2.75, 3.05) is 11.9 Å². The lowest BCUT2D eigenvalue weighted by Crippen LogP contribution is -2.07. The minimum absolute atomic E-state index is 0.382. The average Bonchev–Trinajstić information content (AvgIpc) is 2.47. The van der Waals surface area contributed by atoms with E-state index in [9.17, 15) is 0 Å². The smallest absolute Gasteiger partial charge is 0.168 e. The molecule has 21 heavy (non-hydrogen) atoms. The Labute approximate surface area is 126 Å². The highest BCUT2D eigenvalue weighted by atomic mass is 16.5. The van der Waals surface area contributed by atoms with E-state index in [4.69, 9.17) is 4.74 Å². The molecule has 0 aliphatic heterocycles. The van der Waals surface area contributed by atoms with Crippen molar-refractivity contribution >= 4 is 5.82 Å². The summed E-state index contributed by atoms with van der Waals surface area (Å²) >= 11 is 0. The van der Waals surface area contributed by atoms with Crippen molar-refractivity contribution in [1.29, 1.82) is 0 Å². The van der Waals surface area contributed by atoms with Crippen molar-refractivity contribution in [3.05, 3.63) is 47.4 Å². The van der Waals surface area contributed by atoms with Gasteiger partial charge in [-0.2, -0.15) is 0 Å². The Bertz CT molecular complexity index is 567. The number of hydrogen-bond donors (Lipinski definition) is 1. The number of ether oxygens (including phenoxy) is 1. The molecular formula is C17H23N3O. The molecule has 0 bridgehead atoms. The summed E-state index contributed by atoms with van der Waals surface area (Å²) in [5, 5.41) is 3.20. The van der Waals surface area contributed by atoms with Gasteiger partial charge in [-0.25, -0.2) is 9.97 Å². The van der Waals surface area contributed by atoms with Crippen LogP contribution in [-0.4, -0.2) is 16.5 Å². The number of aromatic nitrogens is 2. The van der Waals surface area contributed by atoms with E-state index in [-0.39, 0.29) is 0 Å². The molecule has 0 aliphatic rings. The van der Waals surface area contributed by atoms with Gasteiger partial charge in [0.25, 0.3) is 0 Å². The van der Waals surface area contributed by atoms with Crippen LogP contribution in [0.15, 0.2) is 30.3 Å². The van der Waals surface area contributed by atoms with Gasteiger partial charge in [0.2, 0.25) is 0 Å². The molecule has 0 spiro atoms. The second-order valence-electron chi connectivity index (χ2n) is 5.02. The molecule has 2 rings (SSSR count). The van der Waals surface area contributed by atoms with Crippen LogP contribution in [0.4, 0.5) is 5.82 Å². The molecular weight excluding hydrogens is 262 g/mol. The van der Waals surface area contributed by atoms with Crippen molar-refractivity contribution in [1.82, 2.24) is 9.97 Å². The van der Waals surface area contributed by atoms with Gasteiger partial charge in [0.15, 0.2) is 5.82 Å². The fourth-order valence-corrected chi connectivity index (χ4v) is 2.16. The van der Waals surface area contributed by atoms with Crippen LogP contribution in [0.1, 0.15) is 37.4 Å². The monoisotopic (exact) mass is 285 g/mol. The number of hydrogen-bond acceptors (Lipinski definition) is 4. The zero-order valence-electron chi connectivity index (χ0n) is 13.0. The summed E-state index contributed by atoms with van der Waals surface area (Å²) in [5.41, 5.74) is 2.28. The molecule has 1 aromatic carbocycles. The number of anilines is 1. The van der Waals surface area contributed by atoms with Gasteiger partial charge in [-0.3, -0.25) is 0 Å². The fourth-order valence-electron chi connectivity index (χ4n) is 2.16. The Morgan fingerprint density at radius 3 is 2.52 bits per heavy atom. The Balaban J connectivity index is 1.98. The number of nitrogens with one attached hydrogen (secondary N) is 1. The molecule has 0 saturated heterocycles. The minimum Gasteiger partial charge on any atom is -0.486 e. The van der Waals surface area contributed by atoms with E-state index in [0.29, 0.717) is 12.4 Å². The molecule has 0 amide bonds. The Morgan fingerprint density at radius 1 is 1.10 bits per heavy atom. The van der Waals surface area contributed by atoms with Crippen LogP contribution < -0.4 is 10.1 Å². The summed E-state index contributed by atoms with van der Waals surface area (Å²) in [4.78, 5) is 8.84. The highest BCUT2D eigenvalue weighted by molar-refractivity contribution is 5.35. The van der Waals surface area contributed by atoms with Crippen LogP contribution in [0.5, 0.6) is 5.75 Å². The first-order chi connectivity index (χ1) is 10.2. The number of benzene rings is 1. The summed E-state index contributed by atoms with van der Waals surface area (Å²) in [6.45, 7) is 7.42. The van der Waals surface area contributed by atoms with E-state index in [2.05, 4.69) is 34.3 Å². The largest absolute Gasteiger partial charge is 0.486 e. The summed E-state index contributed by atoms with van der Waals surface area (Å²) < 4.78 is 5.76. The SMILES string of the molecule is CCCc1ccc(OCc2nc(C)cc(NCC)n2)cc1. The van der Waals surface area contributed by atoms with E-state index in [1.54, 1.807) is 0 Å². The van der Waals surface area contributed by atoms with Crippen LogP contribution in [0.25, 0.3) is 0 Å². The van der Waals surface area contributed by atoms with Crippen molar-refractivity contribution in [3.63, 3.8) is 0 Å². The van der Waals surface area contributed by atoms with Gasteiger partial charge >= 0.3 is 0 Å². The normalized spacial score (nSPS) is 10.4. The zero-order valence-corrected chi connectivity index (χ0v) is 13.0. The van der Waals surface area contributed by atoms with E-state index < -0.39 is 0 Å². The van der Waals surface area contributed by atoms with Crippen molar-refractivity contribution < 1.29 is 4.74 Å². The Kier molecular flexibility index (Phi) is 5.55. The Morgan fingerprint density at radius 2 is 1.86 bits per heavy atom. The summed E-state index contributed by atoms with van der Waals surface area (Å²) in [6.07, 6.45) is 2.26. The number of aryl methyl sites for hydroxylation is 2. The zero-order chi connectivity index (χ0) is 15.1. The maximum atomic E-state index is 5.76. The number of nitrogens with zero attached hydrogens (tertiary/aromatic N) is 2. The van der Waals surface area contributed by atoms with Gasteiger partial charge in [-0.05, 0) is 38.0 Å². The van der Waals surface area contributed by atoms with Crippen molar-refractivity contribution in [2.45, 2.75) is 40.2 Å². The van der Waals surface area contributed by atoms with Gasteiger partial charge in [-0.1, -0.05) is 25.5 Å². The highest BCUT2D eigenvalue weighted by Gasteiger charge is 2.03. The standard InChI is InChI=1S/C17H23N3O/c1-4-6-14-7-9-15(10-8-14)21-12-17-19-13(3)11-16(20-17)18-5-2/h7-11H,4-6,12H2,1-3H3,(H,18,19,20). The molecule has 0 atom stereocenters. The first-order valence-electron chi connectivity index (χ1n) is 7.51. The van der Waals surface area contributed by atoms with Gasteiger partial charge in [-0.15, -0.1) is 0 Å². The van der Waals surface area contributed by atoms with Gasteiger partial charge < -0.3 is 10.1 Å². The molecule has 4 heteroatoms. The van der Waals surface area contributed by atoms with E-state index in [1.165, 1.54) is 5.56 Å². The molecule has 4 nitrogen and oxygen atoms in total. The highest BCUT2D eigenvalue weighted by Crippen LogP contribution is 2.15. The van der Waals surface area contributed by atoms with Gasteiger partial charge in [0.05, 0.1) is 0 Å². The third-order valence-electron chi connectivity index (χ3n) is 3.09. The fraction of sp³-hybridized carbons (Fsp3) is 0.412. The quantitative estimate of drug-likeness (QED) is 0.841. The summed E-state index contributed by atoms with van der Waals surface area (Å²) in [6, 6.07) is 10.2. The first-order valence-corrected chi connectivity index (χ1v) is 7.51. The van der Waals surface area contributed by atoms with Crippen LogP contribution in [0.3, 0.4) is 0 Å². The predicted molar refractivity (Wildman–Crippen MR) is 85.7 cm³/mol. The number of rotatable bonds is 7. The lowest BCUT2D eigenvalue weighted by molar-refractivity contribution is 0.295. The van der Waals surface area contributed by atoms with E-state index in [0.717, 1.165) is 36.6 Å². The molecule has 112 valence electrons. The lowest BCUT2D eigenvalue weighted by atomic mass is 10.1. The molecule has 0 saturated carbocycles. The molecule has 0 radical (unpaired) electrons. The summed E-state index contributed by atoms with van der Waals surface area (Å²) in [7, 11) is 0. The van der Waals surface area contributed by atoms with Crippen molar-refractivity contribution in [3.8, 4) is 5.75 Å². The summed E-state index contributed by atoms with van der Waals surface area (Å²) in [5.74, 6) is 2.40. The molecule has 1 N–H and O–H groups in total. The average molecular weight is 285 g/mol. The second kappa shape index (κ2) is 7.62. The lowest BCUT2D eigenvalue weighted by Gasteiger charge is -2.09. The maximum Gasteiger partial charge on any atom is 0.168 e. The third-order valence-corrected chi connectivity index (χ3v) is 3.09. The van der Waals surface area contributed by atoms with Crippen LogP contribution in [0.2, 0.25) is 0 Å². The molecule has 0 fully saturated rings. The van der Waals surface area contributed by atoms with E-state index >= 15 is 0 Å². The maximum absolute atomic E-state index is 5.76. The first kappa shape index (κ1) is 15.3. The topological polar surface area (TPSA) is 47.0 Å². The third kappa shape index (κ3) is 4.74. The molecule has 2 aromatic rings. The molecule has 1 heterocycles. The van der Waals surface area contributed by atoms with Crippen molar-refractivity contribution in [2.24, 2.45) is 0 Å². The van der Waals surface area contributed by atoms with Gasteiger partial charge in [0, 0.05) is 18.3 Å². The Hall–Kier alpha value is -2.10. The van der Waals surface area contributed by atoms with Crippen LogP contribution >= 0.6 is 0 Å². The van der Waals surface area contributed by atoms with Crippen LogP contribution in [0, 0.1) is 6.92 Å². The van der Waals surface area contributed by atoms with Gasteiger partial charge in [0.1, 0.15) is 18.2 Å². The predicted octanol–water partition coefficient (Wildman–Crippen LogP) is 3.75. The molecule has 1 aromatic heterocycles. The van der Waals surface area contributed by atoms with Crippen LogP contribution in [-0.2, 0) is 13.0 Å². The van der Waals surface area contributed by atoms with E-state index in [1.807, 2.05) is 32.0 Å². The molecule has 0 unspecified atom stereocenters. The molecule has 0 aliphatic carbocycles. The minimum atomic E-state index is 0.382.